The van der Waals surface area contributed by atoms with Crippen molar-refractivity contribution in [3.63, 3.8) is 0 Å². The number of nitrogens with one attached hydrogen (secondary N) is 2. The maximum Gasteiger partial charge on any atom is 0.258 e. The molecule has 3 aromatic rings. The first-order valence-electron chi connectivity index (χ1n) is 8.18. The van der Waals surface area contributed by atoms with Gasteiger partial charge in [-0.05, 0) is 30.3 Å². The molecule has 0 saturated carbocycles. The molecule has 26 heavy (non-hydrogen) atoms. The SMILES string of the molecule is CN(C)c1ccc(Cl)cc1NC(=O)CCc1nc2ccccc2c(=O)[nH]1. The highest BCUT2D eigenvalue weighted by atomic mass is 35.5. The van der Waals surface area contributed by atoms with Crippen molar-refractivity contribution in [1.29, 1.82) is 0 Å². The molecule has 0 atom stereocenters. The number of hydrogen-bond acceptors (Lipinski definition) is 4. The Morgan fingerprint density at radius 1 is 1.23 bits per heavy atom. The summed E-state index contributed by atoms with van der Waals surface area (Å²) in [6.07, 6.45) is 0.532. The van der Waals surface area contributed by atoms with Crippen LogP contribution in [0.3, 0.4) is 0 Å². The normalized spacial score (nSPS) is 10.7. The van der Waals surface area contributed by atoms with Crippen molar-refractivity contribution in [2.45, 2.75) is 12.8 Å². The number of hydrogen-bond donors (Lipinski definition) is 2. The largest absolute Gasteiger partial charge is 0.376 e. The number of rotatable bonds is 5. The molecule has 0 spiro atoms. The molecule has 0 radical (unpaired) electrons. The Kier molecular flexibility index (Phi) is 5.23. The van der Waals surface area contributed by atoms with Crippen LogP contribution in [0.15, 0.2) is 47.3 Å². The average molecular weight is 371 g/mol. The number of para-hydroxylation sites is 1. The van der Waals surface area contributed by atoms with E-state index in [1.807, 2.05) is 31.1 Å². The van der Waals surface area contributed by atoms with Crippen molar-refractivity contribution in [2.75, 3.05) is 24.3 Å². The molecular formula is C19H19ClN4O2. The Morgan fingerprint density at radius 2 is 2.00 bits per heavy atom. The molecule has 2 aromatic carbocycles. The van der Waals surface area contributed by atoms with Crippen LogP contribution < -0.4 is 15.8 Å². The quantitative estimate of drug-likeness (QED) is 0.722. The molecule has 1 amide bonds. The van der Waals surface area contributed by atoms with Gasteiger partial charge >= 0.3 is 0 Å². The molecule has 2 N–H and O–H groups in total. The van der Waals surface area contributed by atoms with E-state index in [-0.39, 0.29) is 17.9 Å². The highest BCUT2D eigenvalue weighted by Gasteiger charge is 2.11. The van der Waals surface area contributed by atoms with Crippen LogP contribution in [0.25, 0.3) is 10.9 Å². The number of carbonyl (C=O) groups excluding carboxylic acids is 1. The topological polar surface area (TPSA) is 78.1 Å². The minimum atomic E-state index is -0.198. The van der Waals surface area contributed by atoms with Gasteiger partial charge in [0.05, 0.1) is 22.3 Å². The van der Waals surface area contributed by atoms with Gasteiger partial charge in [0.15, 0.2) is 0 Å². The highest BCUT2D eigenvalue weighted by Crippen LogP contribution is 2.27. The van der Waals surface area contributed by atoms with Crippen LogP contribution in [-0.2, 0) is 11.2 Å². The fourth-order valence-electron chi connectivity index (χ4n) is 2.70. The number of aromatic amines is 1. The van der Waals surface area contributed by atoms with E-state index in [4.69, 9.17) is 11.6 Å². The van der Waals surface area contributed by atoms with E-state index in [9.17, 15) is 9.59 Å². The second-order valence-corrected chi connectivity index (χ2v) is 6.57. The molecule has 0 unspecified atom stereocenters. The van der Waals surface area contributed by atoms with Crippen molar-refractivity contribution < 1.29 is 4.79 Å². The summed E-state index contributed by atoms with van der Waals surface area (Å²) in [5, 5.41) is 3.95. The van der Waals surface area contributed by atoms with Crippen LogP contribution in [0.1, 0.15) is 12.2 Å². The number of fused-ring (bicyclic) bond motifs is 1. The molecule has 6 nitrogen and oxygen atoms in total. The number of H-pyrrole nitrogens is 1. The molecule has 0 aliphatic heterocycles. The lowest BCUT2D eigenvalue weighted by atomic mass is 10.2. The number of carbonyl (C=O) groups is 1. The molecule has 1 heterocycles. The summed E-state index contributed by atoms with van der Waals surface area (Å²) < 4.78 is 0. The first-order valence-corrected chi connectivity index (χ1v) is 8.56. The fraction of sp³-hybridized carbons (Fsp3) is 0.211. The summed E-state index contributed by atoms with van der Waals surface area (Å²) in [7, 11) is 3.78. The third-order valence-corrected chi connectivity index (χ3v) is 4.20. The van der Waals surface area contributed by atoms with Crippen LogP contribution >= 0.6 is 11.6 Å². The van der Waals surface area contributed by atoms with Gasteiger partial charge in [-0.1, -0.05) is 23.7 Å². The molecule has 0 aliphatic carbocycles. The minimum absolute atomic E-state index is 0.175. The lowest BCUT2D eigenvalue weighted by molar-refractivity contribution is -0.116. The lowest BCUT2D eigenvalue weighted by Gasteiger charge is -2.18. The van der Waals surface area contributed by atoms with E-state index in [0.29, 0.717) is 33.9 Å². The molecule has 0 aliphatic rings. The zero-order chi connectivity index (χ0) is 18.7. The zero-order valence-corrected chi connectivity index (χ0v) is 15.3. The monoisotopic (exact) mass is 370 g/mol. The van der Waals surface area contributed by atoms with Gasteiger partial charge in [-0.25, -0.2) is 4.98 Å². The Labute approximate surface area is 155 Å². The smallest absolute Gasteiger partial charge is 0.258 e. The van der Waals surface area contributed by atoms with Gasteiger partial charge in [0, 0.05) is 32.0 Å². The van der Waals surface area contributed by atoms with Crippen LogP contribution in [0.2, 0.25) is 5.02 Å². The highest BCUT2D eigenvalue weighted by molar-refractivity contribution is 6.31. The number of aromatic nitrogens is 2. The summed E-state index contributed by atoms with van der Waals surface area (Å²) >= 11 is 6.03. The molecule has 0 bridgehead atoms. The fourth-order valence-corrected chi connectivity index (χ4v) is 2.87. The Balaban J connectivity index is 1.72. The predicted octanol–water partition coefficient (Wildman–Crippen LogP) is 3.21. The van der Waals surface area contributed by atoms with Gasteiger partial charge in [0.25, 0.3) is 5.56 Å². The third-order valence-electron chi connectivity index (χ3n) is 3.97. The third kappa shape index (κ3) is 4.03. The van der Waals surface area contributed by atoms with Crippen LogP contribution in [-0.4, -0.2) is 30.0 Å². The van der Waals surface area contributed by atoms with Crippen molar-refractivity contribution in [3.05, 3.63) is 63.7 Å². The Morgan fingerprint density at radius 3 is 2.77 bits per heavy atom. The van der Waals surface area contributed by atoms with E-state index in [1.54, 1.807) is 30.3 Å². The van der Waals surface area contributed by atoms with Gasteiger partial charge in [-0.15, -0.1) is 0 Å². The van der Waals surface area contributed by atoms with E-state index < -0.39 is 0 Å². The molecule has 134 valence electrons. The number of aryl methyl sites for hydroxylation is 1. The van der Waals surface area contributed by atoms with Crippen LogP contribution in [0, 0.1) is 0 Å². The minimum Gasteiger partial charge on any atom is -0.376 e. The van der Waals surface area contributed by atoms with Crippen molar-refractivity contribution in [3.8, 4) is 0 Å². The van der Waals surface area contributed by atoms with Gasteiger partial charge in [-0.3, -0.25) is 9.59 Å². The van der Waals surface area contributed by atoms with Crippen LogP contribution in [0.4, 0.5) is 11.4 Å². The maximum atomic E-state index is 12.3. The summed E-state index contributed by atoms with van der Waals surface area (Å²) in [5.41, 5.74) is 1.93. The standard InChI is InChI=1S/C19H19ClN4O2/c1-24(2)16-8-7-12(20)11-15(16)22-18(25)10-9-17-21-14-6-4-3-5-13(14)19(26)23-17/h3-8,11H,9-10H2,1-2H3,(H,22,25)(H,21,23,26). The first kappa shape index (κ1) is 17.9. The Bertz CT molecular complexity index is 1010. The van der Waals surface area contributed by atoms with Crippen molar-refractivity contribution in [1.82, 2.24) is 9.97 Å². The van der Waals surface area contributed by atoms with Crippen LogP contribution in [0.5, 0.6) is 0 Å². The molecular weight excluding hydrogens is 352 g/mol. The average Bonchev–Trinajstić information content (AvgIpc) is 2.60. The molecule has 7 heteroatoms. The summed E-state index contributed by atoms with van der Waals surface area (Å²) in [4.78, 5) is 33.4. The predicted molar refractivity (Wildman–Crippen MR) is 105 cm³/mol. The summed E-state index contributed by atoms with van der Waals surface area (Å²) in [5.74, 6) is 0.314. The number of nitrogens with zero attached hydrogens (tertiary/aromatic N) is 2. The Hall–Kier alpha value is -2.86. The molecule has 3 rings (SSSR count). The number of amides is 1. The van der Waals surface area contributed by atoms with Gasteiger partial charge < -0.3 is 15.2 Å². The van der Waals surface area contributed by atoms with Gasteiger partial charge in [-0.2, -0.15) is 0 Å². The number of halogens is 1. The number of anilines is 2. The van der Waals surface area contributed by atoms with E-state index in [1.165, 1.54) is 0 Å². The number of benzene rings is 2. The molecule has 0 fully saturated rings. The molecule has 0 saturated heterocycles. The second kappa shape index (κ2) is 7.58. The van der Waals surface area contributed by atoms with E-state index in [2.05, 4.69) is 15.3 Å². The zero-order valence-electron chi connectivity index (χ0n) is 14.5. The van der Waals surface area contributed by atoms with E-state index in [0.717, 1.165) is 5.69 Å². The first-order chi connectivity index (χ1) is 12.4. The van der Waals surface area contributed by atoms with E-state index >= 15 is 0 Å². The second-order valence-electron chi connectivity index (χ2n) is 6.13. The summed E-state index contributed by atoms with van der Waals surface area (Å²) in [6.45, 7) is 0. The maximum absolute atomic E-state index is 12.3. The van der Waals surface area contributed by atoms with Gasteiger partial charge in [0.2, 0.25) is 5.91 Å². The van der Waals surface area contributed by atoms with Crippen molar-refractivity contribution >= 4 is 39.8 Å². The molecule has 1 aromatic heterocycles. The van der Waals surface area contributed by atoms with Crippen molar-refractivity contribution in [2.24, 2.45) is 0 Å². The van der Waals surface area contributed by atoms with Gasteiger partial charge in [0.1, 0.15) is 5.82 Å². The lowest BCUT2D eigenvalue weighted by Crippen LogP contribution is -2.18. The summed E-state index contributed by atoms with van der Waals surface area (Å²) in [6, 6.07) is 12.5.